The topological polar surface area (TPSA) is 82.6 Å². The van der Waals surface area contributed by atoms with Crippen LogP contribution in [0.4, 0.5) is 0 Å². The molecule has 0 bridgehead atoms. The Labute approximate surface area is 222 Å². The molecule has 0 N–H and O–H groups in total. The monoisotopic (exact) mass is 570 g/mol. The number of hydrogen-bond acceptors (Lipinski definition) is 7. The van der Waals surface area contributed by atoms with Gasteiger partial charge in [-0.2, -0.15) is 4.31 Å². The van der Waals surface area contributed by atoms with Crippen molar-refractivity contribution in [3.8, 4) is 0 Å². The molecular formula is C22H33Cl3N4O5S. The van der Waals surface area contributed by atoms with Gasteiger partial charge < -0.3 is 19.3 Å². The van der Waals surface area contributed by atoms with Crippen molar-refractivity contribution in [2.75, 3.05) is 86.3 Å². The highest BCUT2D eigenvalue weighted by Gasteiger charge is 2.37. The smallest absolute Gasteiger partial charge is 0.248 e. The van der Waals surface area contributed by atoms with Crippen molar-refractivity contribution in [3.63, 3.8) is 0 Å². The van der Waals surface area contributed by atoms with Crippen LogP contribution >= 0.6 is 34.8 Å². The predicted molar refractivity (Wildman–Crippen MR) is 137 cm³/mol. The molecule has 0 spiro atoms. The van der Waals surface area contributed by atoms with Gasteiger partial charge in [0.25, 0.3) is 0 Å². The lowest BCUT2D eigenvalue weighted by Gasteiger charge is -2.36. The largest absolute Gasteiger partial charge is 0.378 e. The lowest BCUT2D eigenvalue weighted by atomic mass is 10.2. The van der Waals surface area contributed by atoms with E-state index in [-0.39, 0.29) is 58.8 Å². The highest BCUT2D eigenvalue weighted by Crippen LogP contribution is 2.35. The maximum absolute atomic E-state index is 13.4. The average molecular weight is 572 g/mol. The lowest BCUT2D eigenvalue weighted by Crippen LogP contribution is -2.52. The van der Waals surface area contributed by atoms with Crippen LogP contribution < -0.4 is 0 Å². The number of ether oxygens (including phenoxy) is 2. The normalized spacial score (nSPS) is 20.5. The van der Waals surface area contributed by atoms with E-state index in [9.17, 15) is 13.2 Å². The van der Waals surface area contributed by atoms with Crippen LogP contribution in [-0.4, -0.2) is 126 Å². The van der Waals surface area contributed by atoms with Crippen molar-refractivity contribution >= 4 is 50.7 Å². The van der Waals surface area contributed by atoms with Gasteiger partial charge in [-0.15, -0.1) is 0 Å². The summed E-state index contributed by atoms with van der Waals surface area (Å²) < 4.78 is 39.1. The van der Waals surface area contributed by atoms with Crippen LogP contribution in [0.15, 0.2) is 17.0 Å². The van der Waals surface area contributed by atoms with E-state index in [0.717, 1.165) is 32.6 Å². The number of sulfonamides is 1. The van der Waals surface area contributed by atoms with Crippen LogP contribution in [0, 0.1) is 0 Å². The molecule has 3 rings (SSSR count). The number of amides is 1. The minimum absolute atomic E-state index is 0.0122. The number of piperazine rings is 1. The van der Waals surface area contributed by atoms with E-state index >= 15 is 0 Å². The molecule has 0 radical (unpaired) electrons. The van der Waals surface area contributed by atoms with Crippen molar-refractivity contribution in [1.29, 1.82) is 0 Å². The van der Waals surface area contributed by atoms with Crippen LogP contribution in [-0.2, 0) is 24.3 Å². The van der Waals surface area contributed by atoms with Gasteiger partial charge in [0.05, 0.1) is 35.9 Å². The van der Waals surface area contributed by atoms with Gasteiger partial charge in [-0.1, -0.05) is 34.8 Å². The first-order valence-corrected chi connectivity index (χ1v) is 14.1. The van der Waals surface area contributed by atoms with E-state index in [0.29, 0.717) is 13.1 Å². The molecule has 0 saturated carbocycles. The fourth-order valence-corrected chi connectivity index (χ4v) is 7.26. The summed E-state index contributed by atoms with van der Waals surface area (Å²) in [6.07, 6.45) is 1.10. The minimum Gasteiger partial charge on any atom is -0.378 e. The van der Waals surface area contributed by atoms with Gasteiger partial charge in [-0.25, -0.2) is 8.42 Å². The van der Waals surface area contributed by atoms with Crippen molar-refractivity contribution in [1.82, 2.24) is 19.0 Å². The number of nitrogens with zero attached hydrogens (tertiary/aromatic N) is 4. The molecule has 13 heteroatoms. The summed E-state index contributed by atoms with van der Waals surface area (Å²) in [6.45, 7) is 5.44. The maximum Gasteiger partial charge on any atom is 0.248 e. The third-order valence-electron chi connectivity index (χ3n) is 6.04. The SMILES string of the molecule is CN(C)CCCN1CCN(C(=O)COC[C@@H]2COCCN2S(=O)(=O)c2c(Cl)cc(Cl)cc2Cl)CC1. The Kier molecular flexibility index (Phi) is 10.9. The number of carbonyl (C=O) groups excluding carboxylic acids is 1. The first-order valence-electron chi connectivity index (χ1n) is 11.6. The Balaban J connectivity index is 1.51. The molecule has 0 aromatic heterocycles. The molecule has 9 nitrogen and oxygen atoms in total. The van der Waals surface area contributed by atoms with Gasteiger partial charge in [0.1, 0.15) is 11.5 Å². The number of hydrogen-bond donors (Lipinski definition) is 0. The standard InChI is InChI=1S/C22H33Cl3N4O5S/c1-26(2)4-3-5-27-6-8-28(9-7-27)21(30)16-34-15-18-14-33-11-10-29(18)35(31,32)22-19(24)12-17(23)13-20(22)25/h12-13,18H,3-11,14-16H2,1-2H3/t18-/m0/s1. The van der Waals surface area contributed by atoms with Gasteiger partial charge in [-0.3, -0.25) is 9.69 Å². The summed E-state index contributed by atoms with van der Waals surface area (Å²) in [7, 11) is 0.0914. The molecule has 0 aliphatic carbocycles. The summed E-state index contributed by atoms with van der Waals surface area (Å²) in [5.41, 5.74) is 0. The first-order chi connectivity index (χ1) is 16.6. The van der Waals surface area contributed by atoms with E-state index in [2.05, 4.69) is 23.9 Å². The molecule has 2 aliphatic heterocycles. The average Bonchev–Trinajstić information content (AvgIpc) is 2.78. The van der Waals surface area contributed by atoms with E-state index < -0.39 is 16.1 Å². The predicted octanol–water partition coefficient (Wildman–Crippen LogP) is 2.15. The Morgan fingerprint density at radius 2 is 1.77 bits per heavy atom. The Morgan fingerprint density at radius 1 is 1.11 bits per heavy atom. The maximum atomic E-state index is 13.4. The van der Waals surface area contributed by atoms with E-state index in [1.54, 1.807) is 4.90 Å². The Bertz CT molecular complexity index is 951. The summed E-state index contributed by atoms with van der Waals surface area (Å²) in [5, 5.41) is 0.142. The molecule has 1 atom stereocenters. The van der Waals surface area contributed by atoms with E-state index in [4.69, 9.17) is 44.3 Å². The Hall–Kier alpha value is -0.690. The molecular weight excluding hydrogens is 539 g/mol. The van der Waals surface area contributed by atoms with E-state index in [1.165, 1.54) is 16.4 Å². The van der Waals surface area contributed by atoms with Gasteiger partial charge >= 0.3 is 0 Å². The van der Waals surface area contributed by atoms with Crippen LogP contribution in [0.5, 0.6) is 0 Å². The number of benzene rings is 1. The van der Waals surface area contributed by atoms with Crippen LogP contribution in [0.25, 0.3) is 0 Å². The molecule has 1 aromatic carbocycles. The van der Waals surface area contributed by atoms with Crippen molar-refractivity contribution < 1.29 is 22.7 Å². The number of morpholine rings is 1. The summed E-state index contributed by atoms with van der Waals surface area (Å²) in [5.74, 6) is -0.104. The van der Waals surface area contributed by atoms with Gasteiger partial charge in [-0.05, 0) is 45.7 Å². The van der Waals surface area contributed by atoms with Gasteiger partial charge in [0.15, 0.2) is 0 Å². The van der Waals surface area contributed by atoms with E-state index in [1.807, 2.05) is 0 Å². The van der Waals surface area contributed by atoms with Crippen LogP contribution in [0.3, 0.4) is 0 Å². The number of halogens is 3. The van der Waals surface area contributed by atoms with Crippen molar-refractivity contribution in [2.45, 2.75) is 17.4 Å². The molecule has 2 saturated heterocycles. The first kappa shape index (κ1) is 28.9. The second kappa shape index (κ2) is 13.2. The van der Waals surface area contributed by atoms with Crippen molar-refractivity contribution in [3.05, 3.63) is 27.2 Å². The van der Waals surface area contributed by atoms with Crippen molar-refractivity contribution in [2.24, 2.45) is 0 Å². The second-order valence-electron chi connectivity index (χ2n) is 8.94. The highest BCUT2D eigenvalue weighted by atomic mass is 35.5. The molecule has 2 heterocycles. The molecule has 1 amide bonds. The molecule has 35 heavy (non-hydrogen) atoms. The number of carbonyl (C=O) groups is 1. The minimum atomic E-state index is -4.03. The zero-order valence-electron chi connectivity index (χ0n) is 20.1. The summed E-state index contributed by atoms with van der Waals surface area (Å²) >= 11 is 18.3. The fraction of sp³-hybridized carbons (Fsp3) is 0.682. The lowest BCUT2D eigenvalue weighted by molar-refractivity contribution is -0.138. The third-order valence-corrected chi connectivity index (χ3v) is 9.14. The fourth-order valence-electron chi connectivity index (χ4n) is 4.18. The van der Waals surface area contributed by atoms with Gasteiger partial charge in [0, 0.05) is 37.7 Å². The quantitative estimate of drug-likeness (QED) is 0.426. The molecule has 0 unspecified atom stereocenters. The molecule has 2 aliphatic rings. The summed E-state index contributed by atoms with van der Waals surface area (Å²) in [6, 6.07) is 2.07. The summed E-state index contributed by atoms with van der Waals surface area (Å²) in [4.78, 5) is 18.8. The third kappa shape index (κ3) is 7.90. The number of rotatable bonds is 10. The second-order valence-corrected chi connectivity index (χ2v) is 12.0. The molecule has 1 aromatic rings. The Morgan fingerprint density at radius 3 is 2.40 bits per heavy atom. The van der Waals surface area contributed by atoms with Crippen LogP contribution in [0.2, 0.25) is 15.1 Å². The van der Waals surface area contributed by atoms with Crippen LogP contribution in [0.1, 0.15) is 6.42 Å². The highest BCUT2D eigenvalue weighted by molar-refractivity contribution is 7.89. The zero-order chi connectivity index (χ0) is 25.6. The van der Waals surface area contributed by atoms with Gasteiger partial charge in [0.2, 0.25) is 15.9 Å². The molecule has 2 fully saturated rings. The molecule has 198 valence electrons. The zero-order valence-corrected chi connectivity index (χ0v) is 23.2.